The SMILES string of the molecule is CNC1CCCc2ccc(I)cc21. The number of fused-ring (bicyclic) bond motifs is 1. The minimum Gasteiger partial charge on any atom is -0.313 e. The fraction of sp³-hybridized carbons (Fsp3) is 0.455. The van der Waals surface area contributed by atoms with Gasteiger partial charge in [0.05, 0.1) is 0 Å². The van der Waals surface area contributed by atoms with Crippen LogP contribution < -0.4 is 5.32 Å². The van der Waals surface area contributed by atoms with Gasteiger partial charge in [-0.3, -0.25) is 0 Å². The number of rotatable bonds is 1. The summed E-state index contributed by atoms with van der Waals surface area (Å²) in [6.45, 7) is 0. The largest absolute Gasteiger partial charge is 0.313 e. The Hall–Kier alpha value is -0.0900. The molecule has 0 spiro atoms. The van der Waals surface area contributed by atoms with Gasteiger partial charge < -0.3 is 5.32 Å². The normalized spacial score (nSPS) is 21.2. The molecule has 0 aliphatic heterocycles. The molecular weight excluding hydrogens is 273 g/mol. The highest BCUT2D eigenvalue weighted by atomic mass is 127. The summed E-state index contributed by atoms with van der Waals surface area (Å²) in [6, 6.07) is 7.38. The lowest BCUT2D eigenvalue weighted by atomic mass is 9.88. The van der Waals surface area contributed by atoms with E-state index in [1.54, 1.807) is 0 Å². The Bertz CT molecular complexity index is 309. The van der Waals surface area contributed by atoms with Crippen LogP contribution in [0.25, 0.3) is 0 Å². The van der Waals surface area contributed by atoms with Crippen LogP contribution in [0.15, 0.2) is 18.2 Å². The first-order chi connectivity index (χ1) is 6.31. The van der Waals surface area contributed by atoms with E-state index in [4.69, 9.17) is 0 Å². The molecule has 1 aromatic rings. The fourth-order valence-corrected chi connectivity index (χ4v) is 2.59. The number of aryl methyl sites for hydroxylation is 1. The van der Waals surface area contributed by atoms with Gasteiger partial charge in [0.1, 0.15) is 0 Å². The first-order valence-electron chi connectivity index (χ1n) is 4.77. The zero-order valence-corrected chi connectivity index (χ0v) is 9.97. The van der Waals surface area contributed by atoms with Gasteiger partial charge in [0, 0.05) is 9.61 Å². The molecule has 1 N–H and O–H groups in total. The maximum atomic E-state index is 3.38. The molecule has 0 radical (unpaired) electrons. The molecule has 0 amide bonds. The van der Waals surface area contributed by atoms with Gasteiger partial charge in [-0.05, 0) is 72.2 Å². The van der Waals surface area contributed by atoms with E-state index >= 15 is 0 Å². The topological polar surface area (TPSA) is 12.0 Å². The summed E-state index contributed by atoms with van der Waals surface area (Å²) in [6.07, 6.45) is 3.85. The molecule has 0 heterocycles. The number of nitrogens with one attached hydrogen (secondary N) is 1. The summed E-state index contributed by atoms with van der Waals surface area (Å²) in [5, 5.41) is 3.38. The maximum absolute atomic E-state index is 3.38. The van der Waals surface area contributed by atoms with E-state index < -0.39 is 0 Å². The Morgan fingerprint density at radius 3 is 3.08 bits per heavy atom. The summed E-state index contributed by atoms with van der Waals surface area (Å²) < 4.78 is 1.35. The average Bonchev–Trinajstić information content (AvgIpc) is 2.17. The highest BCUT2D eigenvalue weighted by molar-refractivity contribution is 14.1. The summed E-state index contributed by atoms with van der Waals surface area (Å²) in [5.74, 6) is 0. The van der Waals surface area contributed by atoms with Crippen LogP contribution in [0.2, 0.25) is 0 Å². The molecule has 1 aliphatic rings. The van der Waals surface area contributed by atoms with Gasteiger partial charge in [-0.15, -0.1) is 0 Å². The first kappa shape index (κ1) is 9.46. The molecule has 0 saturated heterocycles. The Morgan fingerprint density at radius 2 is 2.31 bits per heavy atom. The molecule has 1 aromatic carbocycles. The van der Waals surface area contributed by atoms with Crippen molar-refractivity contribution < 1.29 is 0 Å². The van der Waals surface area contributed by atoms with Crippen molar-refractivity contribution in [3.63, 3.8) is 0 Å². The van der Waals surface area contributed by atoms with Crippen LogP contribution in [0.3, 0.4) is 0 Å². The van der Waals surface area contributed by atoms with Gasteiger partial charge in [-0.1, -0.05) is 6.07 Å². The summed E-state index contributed by atoms with van der Waals surface area (Å²) in [5.41, 5.74) is 3.05. The molecule has 70 valence electrons. The third kappa shape index (κ3) is 1.89. The molecule has 1 atom stereocenters. The minimum absolute atomic E-state index is 0.582. The van der Waals surface area contributed by atoms with Crippen molar-refractivity contribution in [2.45, 2.75) is 25.3 Å². The zero-order valence-electron chi connectivity index (χ0n) is 7.81. The quantitative estimate of drug-likeness (QED) is 0.783. The van der Waals surface area contributed by atoms with Crippen LogP contribution in [0.5, 0.6) is 0 Å². The second kappa shape index (κ2) is 3.96. The van der Waals surface area contributed by atoms with Gasteiger partial charge in [0.2, 0.25) is 0 Å². The minimum atomic E-state index is 0.582. The van der Waals surface area contributed by atoms with Crippen molar-refractivity contribution >= 4 is 22.6 Å². The second-order valence-corrected chi connectivity index (χ2v) is 4.82. The average molecular weight is 287 g/mol. The highest BCUT2D eigenvalue weighted by Crippen LogP contribution is 2.30. The van der Waals surface area contributed by atoms with Crippen LogP contribution in [-0.2, 0) is 6.42 Å². The zero-order chi connectivity index (χ0) is 9.26. The van der Waals surface area contributed by atoms with E-state index in [0.717, 1.165) is 0 Å². The Morgan fingerprint density at radius 1 is 1.46 bits per heavy atom. The van der Waals surface area contributed by atoms with E-state index in [1.165, 1.54) is 34.0 Å². The summed E-state index contributed by atoms with van der Waals surface area (Å²) in [4.78, 5) is 0. The van der Waals surface area contributed by atoms with Crippen LogP contribution in [-0.4, -0.2) is 7.05 Å². The van der Waals surface area contributed by atoms with Gasteiger partial charge >= 0.3 is 0 Å². The first-order valence-corrected chi connectivity index (χ1v) is 5.84. The maximum Gasteiger partial charge on any atom is 0.0320 e. The molecule has 1 unspecified atom stereocenters. The van der Waals surface area contributed by atoms with Crippen molar-refractivity contribution in [1.29, 1.82) is 0 Å². The third-order valence-corrected chi connectivity index (χ3v) is 3.44. The van der Waals surface area contributed by atoms with Crippen molar-refractivity contribution in [3.8, 4) is 0 Å². The van der Waals surface area contributed by atoms with Crippen molar-refractivity contribution in [2.75, 3.05) is 7.05 Å². The molecule has 2 heteroatoms. The van der Waals surface area contributed by atoms with Crippen molar-refractivity contribution in [3.05, 3.63) is 32.9 Å². The van der Waals surface area contributed by atoms with Crippen LogP contribution in [0.4, 0.5) is 0 Å². The fourth-order valence-electron chi connectivity index (χ4n) is 2.07. The van der Waals surface area contributed by atoms with Crippen LogP contribution in [0, 0.1) is 3.57 Å². The van der Waals surface area contributed by atoms with Crippen molar-refractivity contribution in [2.24, 2.45) is 0 Å². The second-order valence-electron chi connectivity index (χ2n) is 3.58. The van der Waals surface area contributed by atoms with Crippen LogP contribution >= 0.6 is 22.6 Å². The third-order valence-electron chi connectivity index (χ3n) is 2.77. The van der Waals surface area contributed by atoms with Gasteiger partial charge in [0.15, 0.2) is 0 Å². The molecule has 1 aliphatic carbocycles. The highest BCUT2D eigenvalue weighted by Gasteiger charge is 2.18. The molecule has 0 saturated carbocycles. The number of hydrogen-bond acceptors (Lipinski definition) is 1. The Labute approximate surface area is 93.1 Å². The molecule has 0 fully saturated rings. The van der Waals surface area contributed by atoms with E-state index in [9.17, 15) is 0 Å². The monoisotopic (exact) mass is 287 g/mol. The summed E-state index contributed by atoms with van der Waals surface area (Å²) >= 11 is 2.38. The van der Waals surface area contributed by atoms with Crippen LogP contribution in [0.1, 0.15) is 30.0 Å². The number of halogens is 1. The predicted molar refractivity (Wildman–Crippen MR) is 63.9 cm³/mol. The molecule has 13 heavy (non-hydrogen) atoms. The van der Waals surface area contributed by atoms with E-state index in [1.807, 2.05) is 0 Å². The lowest BCUT2D eigenvalue weighted by Gasteiger charge is -2.25. The summed E-state index contributed by atoms with van der Waals surface area (Å²) in [7, 11) is 2.06. The Balaban J connectivity index is 2.41. The standard InChI is InChI=1S/C11H14IN/c1-13-11-4-2-3-8-5-6-9(12)7-10(8)11/h5-7,11,13H,2-4H2,1H3. The van der Waals surface area contributed by atoms with Gasteiger partial charge in [-0.2, -0.15) is 0 Å². The lowest BCUT2D eigenvalue weighted by molar-refractivity contribution is 0.496. The van der Waals surface area contributed by atoms with Crippen molar-refractivity contribution in [1.82, 2.24) is 5.32 Å². The molecule has 0 bridgehead atoms. The molecule has 0 aromatic heterocycles. The smallest absolute Gasteiger partial charge is 0.0320 e. The molecule has 1 nitrogen and oxygen atoms in total. The van der Waals surface area contributed by atoms with Gasteiger partial charge in [0.25, 0.3) is 0 Å². The predicted octanol–water partition coefficient (Wildman–Crippen LogP) is 2.89. The molecular formula is C11H14IN. The molecule has 2 rings (SSSR count). The number of hydrogen-bond donors (Lipinski definition) is 1. The lowest BCUT2D eigenvalue weighted by Crippen LogP contribution is -2.21. The van der Waals surface area contributed by atoms with Gasteiger partial charge in [-0.25, -0.2) is 0 Å². The Kier molecular flexibility index (Phi) is 2.89. The van der Waals surface area contributed by atoms with E-state index in [0.29, 0.717) is 6.04 Å². The van der Waals surface area contributed by atoms with E-state index in [-0.39, 0.29) is 0 Å². The number of benzene rings is 1. The van der Waals surface area contributed by atoms with E-state index in [2.05, 4.69) is 53.2 Å².